The van der Waals surface area contributed by atoms with Gasteiger partial charge < -0.3 is 14.8 Å². The van der Waals surface area contributed by atoms with Crippen molar-refractivity contribution in [2.24, 2.45) is 0 Å². The Morgan fingerprint density at radius 1 is 1.20 bits per heavy atom. The van der Waals surface area contributed by atoms with Crippen LogP contribution < -0.4 is 14.8 Å². The Morgan fingerprint density at radius 2 is 2.04 bits per heavy atom. The van der Waals surface area contributed by atoms with E-state index in [9.17, 15) is 4.79 Å². The van der Waals surface area contributed by atoms with Gasteiger partial charge in [-0.3, -0.25) is 4.79 Å². The number of anilines is 1. The van der Waals surface area contributed by atoms with Crippen molar-refractivity contribution in [2.45, 2.75) is 13.2 Å². The number of hydrogen-bond donors (Lipinski definition) is 1. The lowest BCUT2D eigenvalue weighted by atomic mass is 10.3. The third-order valence-electron chi connectivity index (χ3n) is 3.12. The molecule has 9 heteroatoms. The Kier molecular flexibility index (Phi) is 5.15. The van der Waals surface area contributed by atoms with Crippen molar-refractivity contribution in [2.75, 3.05) is 12.4 Å². The van der Waals surface area contributed by atoms with Crippen LogP contribution in [-0.2, 0) is 17.9 Å². The van der Waals surface area contributed by atoms with Crippen LogP contribution in [0, 0.1) is 0 Å². The van der Waals surface area contributed by atoms with Crippen molar-refractivity contribution in [3.8, 4) is 11.6 Å². The number of para-hydroxylation sites is 1. The van der Waals surface area contributed by atoms with E-state index in [1.807, 2.05) is 30.3 Å². The van der Waals surface area contributed by atoms with Crippen LogP contribution in [0.1, 0.15) is 5.82 Å². The predicted octanol–water partition coefficient (Wildman–Crippen LogP) is 1.29. The minimum absolute atomic E-state index is 0.0651. The van der Waals surface area contributed by atoms with E-state index in [1.54, 1.807) is 12.1 Å². The fraction of sp³-hybridized carbons (Fsp3) is 0.188. The summed E-state index contributed by atoms with van der Waals surface area (Å²) in [6.45, 7) is 0.110. The standard InChI is InChI=1S/C16H16N6O3/c1-24-16-8-7-12(9-17-16)18-15(23)10-22-20-14(19-21-22)11-25-13-5-3-2-4-6-13/h2-9H,10-11H2,1H3,(H,18,23). The van der Waals surface area contributed by atoms with Gasteiger partial charge >= 0.3 is 0 Å². The highest BCUT2D eigenvalue weighted by atomic mass is 16.5. The van der Waals surface area contributed by atoms with Gasteiger partial charge in [-0.1, -0.05) is 18.2 Å². The zero-order valence-corrected chi connectivity index (χ0v) is 13.5. The van der Waals surface area contributed by atoms with Gasteiger partial charge in [0.2, 0.25) is 17.6 Å². The number of carbonyl (C=O) groups excluding carboxylic acids is 1. The van der Waals surface area contributed by atoms with Crippen molar-refractivity contribution < 1.29 is 14.3 Å². The summed E-state index contributed by atoms with van der Waals surface area (Å²) in [6, 6.07) is 12.7. The van der Waals surface area contributed by atoms with Crippen LogP contribution in [0.25, 0.3) is 0 Å². The zero-order chi connectivity index (χ0) is 17.5. The summed E-state index contributed by atoms with van der Waals surface area (Å²) in [5.41, 5.74) is 0.554. The quantitative estimate of drug-likeness (QED) is 0.691. The summed E-state index contributed by atoms with van der Waals surface area (Å²) in [5.74, 6) is 1.28. The van der Waals surface area contributed by atoms with Gasteiger partial charge in [-0.2, -0.15) is 4.80 Å². The van der Waals surface area contributed by atoms with Crippen molar-refractivity contribution in [1.82, 2.24) is 25.2 Å². The highest BCUT2D eigenvalue weighted by Crippen LogP contribution is 2.11. The molecule has 1 N–H and O–H groups in total. The SMILES string of the molecule is COc1ccc(NC(=O)Cn2nnc(COc3ccccc3)n2)cn1. The second kappa shape index (κ2) is 7.86. The molecule has 0 atom stereocenters. The molecule has 3 aromatic rings. The molecule has 1 aromatic carbocycles. The van der Waals surface area contributed by atoms with E-state index in [1.165, 1.54) is 18.1 Å². The average Bonchev–Trinajstić information content (AvgIpc) is 3.08. The molecule has 0 fully saturated rings. The topological polar surface area (TPSA) is 104 Å². The monoisotopic (exact) mass is 340 g/mol. The first-order chi connectivity index (χ1) is 12.2. The van der Waals surface area contributed by atoms with Gasteiger partial charge in [0.1, 0.15) is 12.3 Å². The largest absolute Gasteiger partial charge is 0.485 e. The second-order valence-corrected chi connectivity index (χ2v) is 4.98. The number of pyridine rings is 1. The summed E-state index contributed by atoms with van der Waals surface area (Å²) in [5, 5.41) is 14.5. The van der Waals surface area contributed by atoms with Crippen LogP contribution in [0.2, 0.25) is 0 Å². The highest BCUT2D eigenvalue weighted by molar-refractivity contribution is 5.90. The third kappa shape index (κ3) is 4.74. The molecule has 2 heterocycles. The Hall–Kier alpha value is -3.49. The van der Waals surface area contributed by atoms with Gasteiger partial charge in [0.25, 0.3) is 0 Å². The van der Waals surface area contributed by atoms with Crippen LogP contribution in [0.3, 0.4) is 0 Å². The number of rotatable bonds is 7. The molecule has 0 bridgehead atoms. The molecular weight excluding hydrogens is 324 g/mol. The van der Waals surface area contributed by atoms with E-state index < -0.39 is 0 Å². The maximum atomic E-state index is 12.0. The maximum Gasteiger partial charge on any atom is 0.248 e. The van der Waals surface area contributed by atoms with Crippen molar-refractivity contribution in [3.05, 3.63) is 54.5 Å². The molecule has 9 nitrogen and oxygen atoms in total. The number of ether oxygens (including phenoxy) is 2. The molecule has 0 radical (unpaired) electrons. The van der Waals surface area contributed by atoms with E-state index in [0.29, 0.717) is 23.1 Å². The number of methoxy groups -OCH3 is 1. The molecule has 2 aromatic heterocycles. The highest BCUT2D eigenvalue weighted by Gasteiger charge is 2.09. The normalized spacial score (nSPS) is 10.3. The molecule has 0 saturated heterocycles. The van der Waals surface area contributed by atoms with E-state index in [0.717, 1.165) is 0 Å². The van der Waals surface area contributed by atoms with E-state index in [2.05, 4.69) is 25.7 Å². The van der Waals surface area contributed by atoms with Gasteiger partial charge in [0.15, 0.2) is 6.61 Å². The lowest BCUT2D eigenvalue weighted by molar-refractivity contribution is -0.117. The maximum absolute atomic E-state index is 12.0. The molecule has 128 valence electrons. The molecule has 25 heavy (non-hydrogen) atoms. The number of amides is 1. The number of nitrogens with zero attached hydrogens (tertiary/aromatic N) is 5. The Balaban J connectivity index is 1.50. The number of tetrazole rings is 1. The van der Waals surface area contributed by atoms with E-state index >= 15 is 0 Å². The minimum atomic E-state index is -0.292. The number of benzene rings is 1. The van der Waals surface area contributed by atoms with Crippen LogP contribution in [0.4, 0.5) is 5.69 Å². The molecule has 0 spiro atoms. The first-order valence-corrected chi connectivity index (χ1v) is 7.47. The van der Waals surface area contributed by atoms with Gasteiger partial charge in [0, 0.05) is 6.07 Å². The number of carbonyl (C=O) groups is 1. The van der Waals surface area contributed by atoms with Crippen molar-refractivity contribution >= 4 is 11.6 Å². The Bertz CT molecular complexity index is 819. The summed E-state index contributed by atoms with van der Waals surface area (Å²) >= 11 is 0. The van der Waals surface area contributed by atoms with Gasteiger partial charge in [-0.05, 0) is 23.4 Å². The predicted molar refractivity (Wildman–Crippen MR) is 88.0 cm³/mol. The number of aromatic nitrogens is 5. The molecular formula is C16H16N6O3. The van der Waals surface area contributed by atoms with Crippen molar-refractivity contribution in [3.63, 3.8) is 0 Å². The minimum Gasteiger partial charge on any atom is -0.485 e. The summed E-state index contributed by atoms with van der Waals surface area (Å²) in [6.07, 6.45) is 1.50. The number of hydrogen-bond acceptors (Lipinski definition) is 7. The molecule has 0 aliphatic heterocycles. The van der Waals surface area contributed by atoms with Crippen LogP contribution in [0.15, 0.2) is 48.7 Å². The first kappa shape index (κ1) is 16.4. The summed E-state index contributed by atoms with van der Waals surface area (Å²) in [4.78, 5) is 17.2. The molecule has 0 unspecified atom stereocenters. The summed E-state index contributed by atoms with van der Waals surface area (Å²) < 4.78 is 10.5. The Labute approximate surface area is 143 Å². The first-order valence-electron chi connectivity index (χ1n) is 7.47. The lowest BCUT2D eigenvalue weighted by Crippen LogP contribution is -2.20. The molecule has 0 saturated carbocycles. The zero-order valence-electron chi connectivity index (χ0n) is 13.5. The summed E-state index contributed by atoms with van der Waals surface area (Å²) in [7, 11) is 1.52. The van der Waals surface area contributed by atoms with Crippen molar-refractivity contribution in [1.29, 1.82) is 0 Å². The molecule has 3 rings (SSSR count). The van der Waals surface area contributed by atoms with E-state index in [4.69, 9.17) is 9.47 Å². The third-order valence-corrected chi connectivity index (χ3v) is 3.12. The van der Waals surface area contributed by atoms with Crippen LogP contribution in [0.5, 0.6) is 11.6 Å². The average molecular weight is 340 g/mol. The second-order valence-electron chi connectivity index (χ2n) is 4.98. The molecule has 0 aliphatic carbocycles. The number of nitrogens with one attached hydrogen (secondary N) is 1. The fourth-order valence-corrected chi connectivity index (χ4v) is 1.97. The Morgan fingerprint density at radius 3 is 2.76 bits per heavy atom. The van der Waals surface area contributed by atoms with Gasteiger partial charge in [-0.15, -0.1) is 10.2 Å². The smallest absolute Gasteiger partial charge is 0.248 e. The van der Waals surface area contributed by atoms with Gasteiger partial charge in [-0.25, -0.2) is 4.98 Å². The fourth-order valence-electron chi connectivity index (χ4n) is 1.97. The van der Waals surface area contributed by atoms with E-state index in [-0.39, 0.29) is 19.1 Å². The van der Waals surface area contributed by atoms with Crippen LogP contribution in [-0.4, -0.2) is 38.2 Å². The lowest BCUT2D eigenvalue weighted by Gasteiger charge is -2.04. The van der Waals surface area contributed by atoms with Crippen LogP contribution >= 0.6 is 0 Å². The van der Waals surface area contributed by atoms with Gasteiger partial charge in [0.05, 0.1) is 19.0 Å². The molecule has 1 amide bonds. The molecule has 0 aliphatic rings.